The van der Waals surface area contributed by atoms with Gasteiger partial charge in [0.05, 0.1) is 11.0 Å². The predicted molar refractivity (Wildman–Crippen MR) is 56.6 cm³/mol. The first-order valence-electron chi connectivity index (χ1n) is 4.82. The van der Waals surface area contributed by atoms with Crippen molar-refractivity contribution in [3.8, 4) is 0 Å². The molecule has 0 saturated carbocycles. The molecule has 0 bridgehead atoms. The van der Waals surface area contributed by atoms with Gasteiger partial charge in [-0.3, -0.25) is 4.79 Å². The van der Waals surface area contributed by atoms with Crippen molar-refractivity contribution in [2.24, 2.45) is 0 Å². The highest BCUT2D eigenvalue weighted by Crippen LogP contribution is 2.18. The first-order valence-corrected chi connectivity index (χ1v) is 6.54. The van der Waals surface area contributed by atoms with Crippen LogP contribution in [0.1, 0.15) is 12.8 Å². The van der Waals surface area contributed by atoms with Crippen LogP contribution in [0.15, 0.2) is 12.2 Å². The number of aliphatic carboxylic acids is 1. The van der Waals surface area contributed by atoms with E-state index < -0.39 is 27.0 Å². The van der Waals surface area contributed by atoms with Gasteiger partial charge < -0.3 is 10.4 Å². The third kappa shape index (κ3) is 3.65. The summed E-state index contributed by atoms with van der Waals surface area (Å²) in [6, 6.07) is 0. The number of carbonyl (C=O) groups is 2. The van der Waals surface area contributed by atoms with Gasteiger partial charge in [0.2, 0.25) is 5.91 Å². The van der Waals surface area contributed by atoms with Crippen LogP contribution in [0.4, 0.5) is 0 Å². The topological polar surface area (TPSA) is 101 Å². The Bertz CT molecular complexity index is 412. The molecular formula is C9H13NO5S. The van der Waals surface area contributed by atoms with E-state index >= 15 is 0 Å². The van der Waals surface area contributed by atoms with Crippen molar-refractivity contribution in [2.75, 3.05) is 12.3 Å². The zero-order chi connectivity index (χ0) is 12.2. The normalized spacial score (nSPS) is 23.4. The van der Waals surface area contributed by atoms with Gasteiger partial charge in [0.15, 0.2) is 9.84 Å². The van der Waals surface area contributed by atoms with E-state index in [4.69, 9.17) is 5.11 Å². The molecule has 2 N–H and O–H groups in total. The molecule has 1 unspecified atom stereocenters. The predicted octanol–water partition coefficient (Wildman–Crippen LogP) is -0.679. The third-order valence-electron chi connectivity index (χ3n) is 2.34. The van der Waals surface area contributed by atoms with Gasteiger partial charge >= 0.3 is 5.97 Å². The maximum absolute atomic E-state index is 11.4. The average Bonchev–Trinajstić information content (AvgIpc) is 2.51. The van der Waals surface area contributed by atoms with Crippen LogP contribution in [0.2, 0.25) is 0 Å². The first kappa shape index (κ1) is 12.7. The van der Waals surface area contributed by atoms with Crippen molar-refractivity contribution in [3.63, 3.8) is 0 Å². The SMILES string of the molecule is O=C(O)/C=C/C(=O)NCC1CCCS1(=O)=O. The molecule has 16 heavy (non-hydrogen) atoms. The molecule has 1 heterocycles. The summed E-state index contributed by atoms with van der Waals surface area (Å²) in [4.78, 5) is 21.2. The molecule has 6 nitrogen and oxygen atoms in total. The van der Waals surface area contributed by atoms with Crippen molar-refractivity contribution in [1.29, 1.82) is 0 Å². The molecular weight excluding hydrogens is 234 g/mol. The van der Waals surface area contributed by atoms with E-state index in [2.05, 4.69) is 5.32 Å². The van der Waals surface area contributed by atoms with Gasteiger partial charge in [-0.15, -0.1) is 0 Å². The number of amides is 1. The highest BCUT2D eigenvalue weighted by Gasteiger charge is 2.30. The average molecular weight is 247 g/mol. The molecule has 0 aromatic rings. The van der Waals surface area contributed by atoms with E-state index in [0.29, 0.717) is 18.9 Å². The minimum absolute atomic E-state index is 0.0468. The number of sulfone groups is 1. The number of rotatable bonds is 4. The molecule has 1 aliphatic rings. The second kappa shape index (κ2) is 5.11. The Kier molecular flexibility index (Phi) is 4.05. The van der Waals surface area contributed by atoms with Gasteiger partial charge in [0.25, 0.3) is 0 Å². The lowest BCUT2D eigenvalue weighted by Crippen LogP contribution is -2.33. The summed E-state index contributed by atoms with van der Waals surface area (Å²) in [6.07, 6.45) is 2.74. The molecule has 0 spiro atoms. The summed E-state index contributed by atoms with van der Waals surface area (Å²) >= 11 is 0. The monoisotopic (exact) mass is 247 g/mol. The van der Waals surface area contributed by atoms with Crippen LogP contribution in [0, 0.1) is 0 Å². The fourth-order valence-electron chi connectivity index (χ4n) is 1.51. The summed E-state index contributed by atoms with van der Waals surface area (Å²) in [5, 5.41) is 10.1. The summed E-state index contributed by atoms with van der Waals surface area (Å²) < 4.78 is 22.8. The van der Waals surface area contributed by atoms with Crippen LogP contribution < -0.4 is 5.32 Å². The second-order valence-corrected chi connectivity index (χ2v) is 5.95. The standard InChI is InChI=1S/C9H13NO5S/c11-8(3-4-9(12)13)10-6-7-2-1-5-16(7,14)15/h3-4,7H,1-2,5-6H2,(H,10,11)(H,12,13)/b4-3+. The largest absolute Gasteiger partial charge is 0.478 e. The van der Waals surface area contributed by atoms with E-state index in [1.165, 1.54) is 0 Å². The fraction of sp³-hybridized carbons (Fsp3) is 0.556. The molecule has 1 atom stereocenters. The lowest BCUT2D eigenvalue weighted by atomic mass is 10.2. The van der Waals surface area contributed by atoms with Crippen LogP contribution in [0.5, 0.6) is 0 Å². The molecule has 1 aliphatic heterocycles. The number of carboxylic acids is 1. The molecule has 1 amide bonds. The number of carbonyl (C=O) groups excluding carboxylic acids is 1. The van der Waals surface area contributed by atoms with Crippen molar-refractivity contribution < 1.29 is 23.1 Å². The first-order chi connectivity index (χ1) is 7.42. The second-order valence-electron chi connectivity index (χ2n) is 3.55. The maximum Gasteiger partial charge on any atom is 0.328 e. The number of hydrogen-bond acceptors (Lipinski definition) is 4. The zero-order valence-corrected chi connectivity index (χ0v) is 9.37. The molecule has 7 heteroatoms. The lowest BCUT2D eigenvalue weighted by Gasteiger charge is -2.08. The van der Waals surface area contributed by atoms with Gasteiger partial charge in [-0.05, 0) is 12.8 Å². The molecule has 0 aromatic carbocycles. The van der Waals surface area contributed by atoms with Crippen molar-refractivity contribution in [2.45, 2.75) is 18.1 Å². The Balaban J connectivity index is 2.41. The van der Waals surface area contributed by atoms with Crippen molar-refractivity contribution >= 4 is 21.7 Å². The van der Waals surface area contributed by atoms with E-state index in [9.17, 15) is 18.0 Å². The molecule has 1 rings (SSSR count). The molecule has 1 saturated heterocycles. The minimum atomic E-state index is -3.07. The van der Waals surface area contributed by atoms with Gasteiger partial charge in [-0.1, -0.05) is 0 Å². The smallest absolute Gasteiger partial charge is 0.328 e. The van der Waals surface area contributed by atoms with Crippen LogP contribution in [0.3, 0.4) is 0 Å². The minimum Gasteiger partial charge on any atom is -0.478 e. The highest BCUT2D eigenvalue weighted by molar-refractivity contribution is 7.92. The Labute approximate surface area is 93.3 Å². The molecule has 0 aliphatic carbocycles. The van der Waals surface area contributed by atoms with Crippen molar-refractivity contribution in [3.05, 3.63) is 12.2 Å². The van der Waals surface area contributed by atoms with Crippen LogP contribution in [-0.2, 0) is 19.4 Å². The summed E-state index contributed by atoms with van der Waals surface area (Å²) in [5.74, 6) is -1.65. The number of hydrogen-bond donors (Lipinski definition) is 2. The van der Waals surface area contributed by atoms with Gasteiger partial charge in [-0.2, -0.15) is 0 Å². The Morgan fingerprint density at radius 2 is 2.06 bits per heavy atom. The van der Waals surface area contributed by atoms with Gasteiger partial charge in [0, 0.05) is 18.7 Å². The summed E-state index contributed by atoms with van der Waals surface area (Å²) in [6.45, 7) is 0.0468. The zero-order valence-electron chi connectivity index (χ0n) is 8.55. The number of nitrogens with one attached hydrogen (secondary N) is 1. The lowest BCUT2D eigenvalue weighted by molar-refractivity contribution is -0.131. The Hall–Kier alpha value is -1.37. The van der Waals surface area contributed by atoms with E-state index in [-0.39, 0.29) is 12.3 Å². The van der Waals surface area contributed by atoms with E-state index in [0.717, 1.165) is 6.08 Å². The quantitative estimate of drug-likeness (QED) is 0.641. The van der Waals surface area contributed by atoms with E-state index in [1.807, 2.05) is 0 Å². The Morgan fingerprint density at radius 3 is 2.56 bits per heavy atom. The van der Waals surface area contributed by atoms with Gasteiger partial charge in [-0.25, -0.2) is 13.2 Å². The highest BCUT2D eigenvalue weighted by atomic mass is 32.2. The molecule has 1 fully saturated rings. The molecule has 0 aromatic heterocycles. The van der Waals surface area contributed by atoms with Crippen LogP contribution in [0.25, 0.3) is 0 Å². The molecule has 0 radical (unpaired) electrons. The third-order valence-corrected chi connectivity index (χ3v) is 4.62. The molecule has 90 valence electrons. The number of carboxylic acid groups (broad SMARTS) is 1. The van der Waals surface area contributed by atoms with Crippen LogP contribution >= 0.6 is 0 Å². The summed E-state index contributed by atoms with van der Waals surface area (Å²) in [7, 11) is -3.07. The summed E-state index contributed by atoms with van der Waals surface area (Å²) in [5.41, 5.74) is 0. The van der Waals surface area contributed by atoms with E-state index in [1.54, 1.807) is 0 Å². The van der Waals surface area contributed by atoms with Crippen molar-refractivity contribution in [1.82, 2.24) is 5.32 Å². The van der Waals surface area contributed by atoms with Crippen LogP contribution in [-0.4, -0.2) is 42.9 Å². The fourth-order valence-corrected chi connectivity index (χ4v) is 3.27. The van der Waals surface area contributed by atoms with Gasteiger partial charge in [0.1, 0.15) is 0 Å². The maximum atomic E-state index is 11.4. The Morgan fingerprint density at radius 1 is 1.38 bits per heavy atom.